The summed E-state index contributed by atoms with van der Waals surface area (Å²) in [5.74, 6) is -2.22. The van der Waals surface area contributed by atoms with Crippen LogP contribution in [0.15, 0.2) is 40.9 Å². The minimum atomic E-state index is -1.12. The summed E-state index contributed by atoms with van der Waals surface area (Å²) in [7, 11) is 1.52. The molecule has 0 aliphatic heterocycles. The van der Waals surface area contributed by atoms with Gasteiger partial charge in [-0.2, -0.15) is 4.39 Å². The summed E-state index contributed by atoms with van der Waals surface area (Å²) in [6.45, 7) is -0.390. The minimum Gasteiger partial charge on any atom is -0.497 e. The first-order chi connectivity index (χ1) is 10.0. The van der Waals surface area contributed by atoms with Gasteiger partial charge in [0.15, 0.2) is 24.0 Å². The first-order valence-electron chi connectivity index (χ1n) is 5.96. The lowest BCUT2D eigenvalue weighted by atomic mass is 10.1. The van der Waals surface area contributed by atoms with Gasteiger partial charge < -0.3 is 9.47 Å². The summed E-state index contributed by atoms with van der Waals surface area (Å²) in [5.41, 5.74) is 0.395. The molecule has 0 unspecified atom stereocenters. The number of rotatable bonds is 5. The van der Waals surface area contributed by atoms with E-state index in [1.54, 1.807) is 24.3 Å². The topological polar surface area (TPSA) is 35.5 Å². The molecule has 0 N–H and O–H groups in total. The van der Waals surface area contributed by atoms with Crippen molar-refractivity contribution in [3.63, 3.8) is 0 Å². The fourth-order valence-corrected chi connectivity index (χ4v) is 2.05. The van der Waals surface area contributed by atoms with Gasteiger partial charge in [-0.3, -0.25) is 4.79 Å². The van der Waals surface area contributed by atoms with Gasteiger partial charge in [0, 0.05) is 10.0 Å². The third-order valence-corrected chi connectivity index (χ3v) is 3.19. The maximum absolute atomic E-state index is 13.5. The van der Waals surface area contributed by atoms with Gasteiger partial charge in [-0.15, -0.1) is 0 Å². The van der Waals surface area contributed by atoms with Crippen molar-refractivity contribution in [2.75, 3.05) is 13.7 Å². The fraction of sp³-hybridized carbons (Fsp3) is 0.133. The van der Waals surface area contributed by atoms with Gasteiger partial charge in [0.2, 0.25) is 5.82 Å². The summed E-state index contributed by atoms with van der Waals surface area (Å²) in [4.78, 5) is 11.9. The Hall–Kier alpha value is -1.95. The predicted molar refractivity (Wildman–Crippen MR) is 76.9 cm³/mol. The standard InChI is InChI=1S/C15H11BrF2O3/c1-20-11-4-2-9(3-5-11)13(19)8-21-14-7-10(16)6-12(17)15(14)18/h2-7H,8H2,1H3. The Bertz CT molecular complexity index is 657. The highest BCUT2D eigenvalue weighted by atomic mass is 79.9. The van der Waals surface area contributed by atoms with Crippen LogP contribution in [0.5, 0.6) is 11.5 Å². The first-order valence-corrected chi connectivity index (χ1v) is 6.75. The Balaban J connectivity index is 2.07. The Kier molecular flexibility index (Phi) is 4.90. The van der Waals surface area contributed by atoms with Crippen molar-refractivity contribution in [2.24, 2.45) is 0 Å². The van der Waals surface area contributed by atoms with Crippen LogP contribution in [0.25, 0.3) is 0 Å². The van der Waals surface area contributed by atoms with Crippen molar-refractivity contribution >= 4 is 21.7 Å². The molecular formula is C15H11BrF2O3. The monoisotopic (exact) mass is 356 g/mol. The van der Waals surface area contributed by atoms with Crippen molar-refractivity contribution in [1.29, 1.82) is 0 Å². The lowest BCUT2D eigenvalue weighted by molar-refractivity contribution is 0.0918. The number of carbonyl (C=O) groups excluding carboxylic acids is 1. The fourth-order valence-electron chi connectivity index (χ4n) is 1.64. The highest BCUT2D eigenvalue weighted by molar-refractivity contribution is 9.10. The highest BCUT2D eigenvalue weighted by Crippen LogP contribution is 2.25. The number of ketones is 1. The number of methoxy groups -OCH3 is 1. The van der Waals surface area contributed by atoms with E-state index in [9.17, 15) is 13.6 Å². The maximum atomic E-state index is 13.5. The molecule has 3 nitrogen and oxygen atoms in total. The number of halogens is 3. The maximum Gasteiger partial charge on any atom is 0.200 e. The molecule has 0 aromatic heterocycles. The Morgan fingerprint density at radius 1 is 1.19 bits per heavy atom. The van der Waals surface area contributed by atoms with Gasteiger partial charge in [-0.25, -0.2) is 4.39 Å². The van der Waals surface area contributed by atoms with Crippen LogP contribution in [0.1, 0.15) is 10.4 Å². The molecule has 0 bridgehead atoms. The average molecular weight is 357 g/mol. The van der Waals surface area contributed by atoms with E-state index in [2.05, 4.69) is 15.9 Å². The molecule has 0 aliphatic carbocycles. The molecular weight excluding hydrogens is 346 g/mol. The molecule has 0 radical (unpaired) electrons. The molecule has 0 amide bonds. The van der Waals surface area contributed by atoms with Crippen molar-refractivity contribution in [3.8, 4) is 11.5 Å². The normalized spacial score (nSPS) is 10.3. The van der Waals surface area contributed by atoms with Crippen molar-refractivity contribution in [2.45, 2.75) is 0 Å². The van der Waals surface area contributed by atoms with Gasteiger partial charge in [-0.1, -0.05) is 15.9 Å². The molecule has 21 heavy (non-hydrogen) atoms. The van der Waals surface area contributed by atoms with E-state index in [-0.39, 0.29) is 18.1 Å². The van der Waals surface area contributed by atoms with E-state index in [4.69, 9.17) is 9.47 Å². The third kappa shape index (κ3) is 3.78. The quantitative estimate of drug-likeness (QED) is 0.600. The molecule has 0 saturated heterocycles. The lowest BCUT2D eigenvalue weighted by Gasteiger charge is -2.08. The van der Waals surface area contributed by atoms with E-state index in [1.165, 1.54) is 13.2 Å². The zero-order valence-electron chi connectivity index (χ0n) is 11.0. The van der Waals surface area contributed by atoms with Crippen LogP contribution in [-0.4, -0.2) is 19.5 Å². The average Bonchev–Trinajstić information content (AvgIpc) is 2.49. The van der Waals surface area contributed by atoms with Crippen LogP contribution in [0.3, 0.4) is 0 Å². The second-order valence-electron chi connectivity index (χ2n) is 4.14. The first kappa shape index (κ1) is 15.4. The van der Waals surface area contributed by atoms with Gasteiger partial charge in [0.1, 0.15) is 5.75 Å². The number of hydrogen-bond acceptors (Lipinski definition) is 3. The smallest absolute Gasteiger partial charge is 0.200 e. The number of ether oxygens (including phenoxy) is 2. The summed E-state index contributed by atoms with van der Waals surface area (Å²) in [5, 5.41) is 0. The van der Waals surface area contributed by atoms with E-state index in [0.29, 0.717) is 15.8 Å². The minimum absolute atomic E-state index is 0.316. The van der Waals surface area contributed by atoms with E-state index >= 15 is 0 Å². The van der Waals surface area contributed by atoms with E-state index in [1.807, 2.05) is 0 Å². The van der Waals surface area contributed by atoms with E-state index < -0.39 is 11.6 Å². The molecule has 2 aromatic rings. The molecule has 2 aromatic carbocycles. The van der Waals surface area contributed by atoms with Gasteiger partial charge >= 0.3 is 0 Å². The van der Waals surface area contributed by atoms with E-state index in [0.717, 1.165) is 6.07 Å². The van der Waals surface area contributed by atoms with Crippen LogP contribution in [0, 0.1) is 11.6 Å². The molecule has 110 valence electrons. The molecule has 0 spiro atoms. The van der Waals surface area contributed by atoms with Gasteiger partial charge in [-0.05, 0) is 36.4 Å². The Morgan fingerprint density at radius 2 is 1.86 bits per heavy atom. The van der Waals surface area contributed by atoms with Crippen LogP contribution >= 0.6 is 15.9 Å². The summed E-state index contributed by atoms with van der Waals surface area (Å²) < 4.78 is 37.0. The summed E-state index contributed by atoms with van der Waals surface area (Å²) >= 11 is 3.03. The SMILES string of the molecule is COc1ccc(C(=O)COc2cc(Br)cc(F)c2F)cc1. The van der Waals surface area contributed by atoms with Gasteiger partial charge in [0.25, 0.3) is 0 Å². The molecule has 0 saturated carbocycles. The third-order valence-electron chi connectivity index (χ3n) is 2.73. The summed E-state index contributed by atoms with van der Waals surface area (Å²) in [6, 6.07) is 8.65. The molecule has 0 aliphatic rings. The van der Waals surface area contributed by atoms with Crippen LogP contribution in [0.4, 0.5) is 8.78 Å². The second kappa shape index (κ2) is 6.67. The molecule has 2 rings (SSSR count). The van der Waals surface area contributed by atoms with Gasteiger partial charge in [0.05, 0.1) is 7.11 Å². The molecule has 6 heteroatoms. The van der Waals surface area contributed by atoms with Crippen molar-refractivity contribution < 1.29 is 23.0 Å². The predicted octanol–water partition coefficient (Wildman–Crippen LogP) is 4.00. The Morgan fingerprint density at radius 3 is 2.48 bits per heavy atom. The number of hydrogen-bond donors (Lipinski definition) is 0. The largest absolute Gasteiger partial charge is 0.497 e. The van der Waals surface area contributed by atoms with Crippen molar-refractivity contribution in [3.05, 3.63) is 58.1 Å². The zero-order valence-corrected chi connectivity index (χ0v) is 12.6. The molecule has 0 heterocycles. The zero-order chi connectivity index (χ0) is 15.4. The second-order valence-corrected chi connectivity index (χ2v) is 5.06. The molecule has 0 atom stereocenters. The summed E-state index contributed by atoms with van der Waals surface area (Å²) in [6.07, 6.45) is 0. The lowest BCUT2D eigenvalue weighted by Crippen LogP contribution is -2.12. The highest BCUT2D eigenvalue weighted by Gasteiger charge is 2.13. The number of benzene rings is 2. The number of Topliss-reactive ketones (excluding diaryl/α,β-unsaturated/α-hetero) is 1. The number of carbonyl (C=O) groups is 1. The molecule has 0 fully saturated rings. The Labute approximate surface area is 128 Å². The van der Waals surface area contributed by atoms with Crippen molar-refractivity contribution in [1.82, 2.24) is 0 Å². The van der Waals surface area contributed by atoms with Crippen LogP contribution in [-0.2, 0) is 0 Å². The van der Waals surface area contributed by atoms with Crippen LogP contribution in [0.2, 0.25) is 0 Å². The van der Waals surface area contributed by atoms with Crippen LogP contribution < -0.4 is 9.47 Å².